The predicted molar refractivity (Wildman–Crippen MR) is 67.8 cm³/mol. The van der Waals surface area contributed by atoms with Crippen molar-refractivity contribution >= 4 is 21.8 Å². The Bertz CT molecular complexity index is 381. The van der Waals surface area contributed by atoms with Crippen LogP contribution in [0.5, 0.6) is 0 Å². The van der Waals surface area contributed by atoms with Gasteiger partial charge < -0.3 is 5.73 Å². The fourth-order valence-corrected chi connectivity index (χ4v) is 1.81. The average molecular weight is 286 g/mol. The Kier molecular flexibility index (Phi) is 4.92. The zero-order valence-electron chi connectivity index (χ0n) is 9.38. The molecule has 1 aromatic carbocycles. The lowest BCUT2D eigenvalue weighted by atomic mass is 10.0. The minimum Gasteiger partial charge on any atom is -0.320 e. The van der Waals surface area contributed by atoms with Gasteiger partial charge >= 0.3 is 0 Å². The second-order valence-electron chi connectivity index (χ2n) is 3.62. The number of nitrogens with one attached hydrogen (secondary N) is 2. The van der Waals surface area contributed by atoms with Crippen LogP contribution in [0.4, 0.5) is 0 Å². The van der Waals surface area contributed by atoms with Gasteiger partial charge in [0.05, 0.1) is 6.04 Å². The van der Waals surface area contributed by atoms with Gasteiger partial charge in [0, 0.05) is 11.5 Å². The van der Waals surface area contributed by atoms with E-state index in [0.717, 1.165) is 15.6 Å². The van der Waals surface area contributed by atoms with E-state index >= 15 is 0 Å². The van der Waals surface area contributed by atoms with E-state index in [-0.39, 0.29) is 5.91 Å². The third-order valence-corrected chi connectivity index (χ3v) is 2.83. The molecule has 0 spiro atoms. The predicted octanol–water partition coefficient (Wildman–Crippen LogP) is 0.878. The number of halogens is 1. The molecule has 0 saturated heterocycles. The minimum atomic E-state index is -0.541. The van der Waals surface area contributed by atoms with Crippen molar-refractivity contribution in [2.45, 2.75) is 19.4 Å². The summed E-state index contributed by atoms with van der Waals surface area (Å²) in [7, 11) is 1.63. The summed E-state index contributed by atoms with van der Waals surface area (Å²) >= 11 is 3.40. The standard InChI is InChI=1S/C11H16BrN3O/c1-7-3-4-9(12)5-8(7)6-10(13)11(16)15-14-2/h3-5,10,14H,6,13H2,1-2H3,(H,15,16). The monoisotopic (exact) mass is 285 g/mol. The Hall–Kier alpha value is -0.910. The summed E-state index contributed by atoms with van der Waals surface area (Å²) in [6, 6.07) is 5.42. The Morgan fingerprint density at radius 2 is 2.25 bits per heavy atom. The van der Waals surface area contributed by atoms with Gasteiger partial charge in [-0.15, -0.1) is 0 Å². The molecule has 0 aliphatic rings. The Labute approximate surface area is 104 Å². The molecule has 1 rings (SSSR count). The van der Waals surface area contributed by atoms with Gasteiger partial charge in [0.2, 0.25) is 0 Å². The molecule has 0 radical (unpaired) electrons. The van der Waals surface area contributed by atoms with Crippen molar-refractivity contribution in [1.82, 2.24) is 10.9 Å². The molecule has 1 amide bonds. The van der Waals surface area contributed by atoms with E-state index < -0.39 is 6.04 Å². The van der Waals surface area contributed by atoms with E-state index in [1.165, 1.54) is 0 Å². The quantitative estimate of drug-likeness (QED) is 0.720. The number of hydrazine groups is 1. The summed E-state index contributed by atoms with van der Waals surface area (Å²) in [4.78, 5) is 11.4. The highest BCUT2D eigenvalue weighted by atomic mass is 79.9. The lowest BCUT2D eigenvalue weighted by Crippen LogP contribution is -2.46. The molecule has 4 N–H and O–H groups in total. The smallest absolute Gasteiger partial charge is 0.251 e. The molecule has 0 saturated carbocycles. The van der Waals surface area contributed by atoms with Crippen molar-refractivity contribution < 1.29 is 4.79 Å². The number of carbonyl (C=O) groups is 1. The van der Waals surface area contributed by atoms with Crippen LogP contribution >= 0.6 is 15.9 Å². The maximum absolute atomic E-state index is 11.4. The van der Waals surface area contributed by atoms with Crippen molar-refractivity contribution in [2.75, 3.05) is 7.05 Å². The van der Waals surface area contributed by atoms with Gasteiger partial charge in [-0.05, 0) is 36.6 Å². The van der Waals surface area contributed by atoms with Crippen LogP contribution < -0.4 is 16.6 Å². The van der Waals surface area contributed by atoms with E-state index in [1.54, 1.807) is 7.05 Å². The van der Waals surface area contributed by atoms with Crippen LogP contribution in [0.15, 0.2) is 22.7 Å². The number of hydrogen-bond acceptors (Lipinski definition) is 3. The fourth-order valence-electron chi connectivity index (χ4n) is 1.41. The molecule has 1 atom stereocenters. The van der Waals surface area contributed by atoms with Gasteiger partial charge in [-0.1, -0.05) is 22.0 Å². The van der Waals surface area contributed by atoms with Gasteiger partial charge in [0.25, 0.3) is 5.91 Å². The van der Waals surface area contributed by atoms with Crippen molar-refractivity contribution in [1.29, 1.82) is 0 Å². The molecule has 1 unspecified atom stereocenters. The summed E-state index contributed by atoms with van der Waals surface area (Å²) in [6.07, 6.45) is 0.527. The van der Waals surface area contributed by atoms with Crippen LogP contribution in [-0.4, -0.2) is 19.0 Å². The van der Waals surface area contributed by atoms with Crippen LogP contribution in [0.2, 0.25) is 0 Å². The second-order valence-corrected chi connectivity index (χ2v) is 4.54. The third kappa shape index (κ3) is 3.59. The van der Waals surface area contributed by atoms with E-state index in [2.05, 4.69) is 26.8 Å². The number of amides is 1. The number of nitrogens with two attached hydrogens (primary N) is 1. The summed E-state index contributed by atoms with van der Waals surface area (Å²) < 4.78 is 0.995. The van der Waals surface area contributed by atoms with Crippen molar-refractivity contribution in [3.05, 3.63) is 33.8 Å². The van der Waals surface area contributed by atoms with Crippen LogP contribution in [0, 0.1) is 6.92 Å². The molecule has 0 aliphatic heterocycles. The fraction of sp³-hybridized carbons (Fsp3) is 0.364. The van der Waals surface area contributed by atoms with Crippen LogP contribution in [-0.2, 0) is 11.2 Å². The molecular formula is C11H16BrN3O. The molecule has 0 heterocycles. The topological polar surface area (TPSA) is 67.1 Å². The van der Waals surface area contributed by atoms with Crippen molar-refractivity contribution in [3.63, 3.8) is 0 Å². The zero-order chi connectivity index (χ0) is 12.1. The first-order valence-corrected chi connectivity index (χ1v) is 5.81. The molecular weight excluding hydrogens is 270 g/mol. The highest BCUT2D eigenvalue weighted by Gasteiger charge is 2.14. The summed E-state index contributed by atoms with van der Waals surface area (Å²) in [5.74, 6) is -0.207. The number of hydrogen-bond donors (Lipinski definition) is 3. The third-order valence-electron chi connectivity index (χ3n) is 2.34. The summed E-state index contributed by atoms with van der Waals surface area (Å²) in [5.41, 5.74) is 13.0. The molecule has 1 aromatic rings. The first-order valence-electron chi connectivity index (χ1n) is 5.01. The van der Waals surface area contributed by atoms with Crippen molar-refractivity contribution in [3.8, 4) is 0 Å². The van der Waals surface area contributed by atoms with Gasteiger partial charge in [0.15, 0.2) is 0 Å². The Morgan fingerprint density at radius 1 is 1.56 bits per heavy atom. The van der Waals surface area contributed by atoms with Gasteiger partial charge in [0.1, 0.15) is 0 Å². The lowest BCUT2D eigenvalue weighted by Gasteiger charge is -2.13. The first-order chi connectivity index (χ1) is 7.54. The normalized spacial score (nSPS) is 12.2. The van der Waals surface area contributed by atoms with Crippen LogP contribution in [0.3, 0.4) is 0 Å². The molecule has 16 heavy (non-hydrogen) atoms. The van der Waals surface area contributed by atoms with Crippen LogP contribution in [0.1, 0.15) is 11.1 Å². The first kappa shape index (κ1) is 13.2. The molecule has 4 nitrogen and oxygen atoms in total. The van der Waals surface area contributed by atoms with E-state index in [0.29, 0.717) is 6.42 Å². The number of rotatable bonds is 4. The second kappa shape index (κ2) is 5.98. The van der Waals surface area contributed by atoms with Gasteiger partial charge in [-0.25, -0.2) is 5.43 Å². The van der Waals surface area contributed by atoms with Gasteiger partial charge in [-0.2, -0.15) is 0 Å². The highest BCUT2D eigenvalue weighted by Crippen LogP contribution is 2.17. The van der Waals surface area contributed by atoms with Crippen LogP contribution in [0.25, 0.3) is 0 Å². The number of carbonyl (C=O) groups excluding carboxylic acids is 1. The average Bonchev–Trinajstić information content (AvgIpc) is 2.23. The van der Waals surface area contributed by atoms with Crippen molar-refractivity contribution in [2.24, 2.45) is 5.73 Å². The molecule has 0 aromatic heterocycles. The van der Waals surface area contributed by atoms with E-state index in [1.807, 2.05) is 25.1 Å². The Balaban J connectivity index is 2.72. The van der Waals surface area contributed by atoms with E-state index in [4.69, 9.17) is 5.73 Å². The molecule has 0 bridgehead atoms. The highest BCUT2D eigenvalue weighted by molar-refractivity contribution is 9.10. The SMILES string of the molecule is CNNC(=O)C(N)Cc1cc(Br)ccc1C. The summed E-state index contributed by atoms with van der Waals surface area (Å²) in [6.45, 7) is 2.00. The molecule has 0 aliphatic carbocycles. The van der Waals surface area contributed by atoms with E-state index in [9.17, 15) is 4.79 Å². The summed E-state index contributed by atoms with van der Waals surface area (Å²) in [5, 5.41) is 0. The molecule has 88 valence electrons. The maximum atomic E-state index is 11.4. The zero-order valence-corrected chi connectivity index (χ0v) is 11.0. The molecule has 5 heteroatoms. The molecule has 0 fully saturated rings. The largest absolute Gasteiger partial charge is 0.320 e. The lowest BCUT2D eigenvalue weighted by molar-refractivity contribution is -0.123. The number of aryl methyl sites for hydroxylation is 1. The minimum absolute atomic E-state index is 0.207. The maximum Gasteiger partial charge on any atom is 0.251 e. The van der Waals surface area contributed by atoms with Gasteiger partial charge in [-0.3, -0.25) is 10.2 Å². The number of benzene rings is 1. The Morgan fingerprint density at radius 3 is 2.88 bits per heavy atom.